The molecule has 162 valence electrons. The highest BCUT2D eigenvalue weighted by Crippen LogP contribution is 2.31. The van der Waals surface area contributed by atoms with Crippen molar-refractivity contribution < 1.29 is 9.90 Å². The maximum absolute atomic E-state index is 12.6. The van der Waals surface area contributed by atoms with Crippen molar-refractivity contribution in [3.8, 4) is 11.4 Å². The SMILES string of the molecule is CCn1c(-c2cnc(C)nc2)nc2c(N[C@H]3CCN(C(=O)[C@H]4C[C@@H](O)C4)C3)ncnc21. The average Bonchev–Trinajstić information content (AvgIpc) is 3.36. The average molecular weight is 422 g/mol. The van der Waals surface area contributed by atoms with Crippen molar-refractivity contribution >= 4 is 22.9 Å². The number of carbonyl (C=O) groups is 1. The Balaban J connectivity index is 1.38. The molecule has 1 amide bonds. The minimum absolute atomic E-state index is 0.0287. The number of hydrogen-bond donors (Lipinski definition) is 2. The first-order chi connectivity index (χ1) is 15.0. The summed E-state index contributed by atoms with van der Waals surface area (Å²) < 4.78 is 2.03. The minimum Gasteiger partial charge on any atom is -0.393 e. The van der Waals surface area contributed by atoms with Gasteiger partial charge in [-0.05, 0) is 33.1 Å². The molecule has 5 rings (SSSR count). The second-order valence-electron chi connectivity index (χ2n) is 8.33. The van der Waals surface area contributed by atoms with Crippen molar-refractivity contribution in [1.82, 2.24) is 34.4 Å². The van der Waals surface area contributed by atoms with E-state index in [1.807, 2.05) is 23.3 Å². The highest BCUT2D eigenvalue weighted by atomic mass is 16.3. The summed E-state index contributed by atoms with van der Waals surface area (Å²) in [6, 6.07) is 0.102. The number of aromatic nitrogens is 6. The lowest BCUT2D eigenvalue weighted by molar-refractivity contribution is -0.141. The molecule has 0 unspecified atom stereocenters. The van der Waals surface area contributed by atoms with Crippen LogP contribution in [0.15, 0.2) is 18.7 Å². The maximum Gasteiger partial charge on any atom is 0.225 e. The third kappa shape index (κ3) is 3.60. The van der Waals surface area contributed by atoms with E-state index < -0.39 is 0 Å². The number of nitrogens with one attached hydrogen (secondary N) is 1. The second-order valence-corrected chi connectivity index (χ2v) is 8.33. The summed E-state index contributed by atoms with van der Waals surface area (Å²) in [6.07, 6.45) is 6.78. The highest BCUT2D eigenvalue weighted by molar-refractivity contribution is 5.86. The molecule has 1 saturated carbocycles. The van der Waals surface area contributed by atoms with Crippen molar-refractivity contribution in [1.29, 1.82) is 0 Å². The number of aliphatic hydroxyl groups excluding tert-OH is 1. The Morgan fingerprint density at radius 3 is 2.71 bits per heavy atom. The van der Waals surface area contributed by atoms with Gasteiger partial charge in [-0.2, -0.15) is 0 Å². The Labute approximate surface area is 179 Å². The molecule has 0 bridgehead atoms. The number of imidazole rings is 1. The first-order valence-electron chi connectivity index (χ1n) is 10.8. The fourth-order valence-electron chi connectivity index (χ4n) is 4.39. The number of nitrogens with zero attached hydrogens (tertiary/aromatic N) is 7. The van der Waals surface area contributed by atoms with Crippen LogP contribution in [0.5, 0.6) is 0 Å². The van der Waals surface area contributed by atoms with Gasteiger partial charge in [-0.15, -0.1) is 0 Å². The van der Waals surface area contributed by atoms with E-state index in [0.717, 1.165) is 23.5 Å². The molecule has 10 nitrogen and oxygen atoms in total. The van der Waals surface area contributed by atoms with Crippen LogP contribution in [-0.2, 0) is 11.3 Å². The van der Waals surface area contributed by atoms with E-state index >= 15 is 0 Å². The van der Waals surface area contributed by atoms with Crippen LogP contribution in [0.1, 0.15) is 32.0 Å². The molecule has 2 aliphatic rings. The Morgan fingerprint density at radius 2 is 2.00 bits per heavy atom. The lowest BCUT2D eigenvalue weighted by Gasteiger charge is -2.33. The van der Waals surface area contributed by atoms with Gasteiger partial charge >= 0.3 is 0 Å². The van der Waals surface area contributed by atoms with Gasteiger partial charge < -0.3 is 19.9 Å². The van der Waals surface area contributed by atoms with Crippen LogP contribution in [0.4, 0.5) is 5.82 Å². The molecule has 0 radical (unpaired) electrons. The molecule has 2 fully saturated rings. The van der Waals surface area contributed by atoms with Crippen LogP contribution < -0.4 is 5.32 Å². The van der Waals surface area contributed by atoms with Crippen LogP contribution in [0.25, 0.3) is 22.6 Å². The predicted octanol–water partition coefficient (Wildman–Crippen LogP) is 1.40. The topological polar surface area (TPSA) is 122 Å². The molecular weight excluding hydrogens is 396 g/mol. The number of rotatable bonds is 5. The summed E-state index contributed by atoms with van der Waals surface area (Å²) in [5, 5.41) is 13.0. The van der Waals surface area contributed by atoms with E-state index in [9.17, 15) is 9.90 Å². The maximum atomic E-state index is 12.6. The molecule has 2 N–H and O–H groups in total. The molecule has 1 saturated heterocycles. The second kappa shape index (κ2) is 7.84. The van der Waals surface area contributed by atoms with Crippen LogP contribution in [0.3, 0.4) is 0 Å². The molecule has 3 aromatic heterocycles. The fraction of sp³-hybridized carbons (Fsp3) is 0.524. The monoisotopic (exact) mass is 422 g/mol. The van der Waals surface area contributed by atoms with E-state index in [-0.39, 0.29) is 24.0 Å². The summed E-state index contributed by atoms with van der Waals surface area (Å²) in [7, 11) is 0. The molecule has 10 heteroatoms. The van der Waals surface area contributed by atoms with Gasteiger partial charge in [0.05, 0.1) is 11.7 Å². The number of amides is 1. The summed E-state index contributed by atoms with van der Waals surface area (Å²) in [5.41, 5.74) is 2.29. The van der Waals surface area contributed by atoms with Crippen molar-refractivity contribution in [3.05, 3.63) is 24.5 Å². The number of hydrogen-bond acceptors (Lipinski definition) is 8. The first kappa shape index (κ1) is 19.8. The molecule has 1 aliphatic heterocycles. The molecule has 1 aliphatic carbocycles. The lowest BCUT2D eigenvalue weighted by Crippen LogP contribution is -2.43. The van der Waals surface area contributed by atoms with Crippen LogP contribution in [0, 0.1) is 12.8 Å². The normalized spacial score (nSPS) is 23.2. The zero-order valence-corrected chi connectivity index (χ0v) is 17.7. The number of anilines is 1. The smallest absolute Gasteiger partial charge is 0.225 e. The molecule has 4 heterocycles. The van der Waals surface area contributed by atoms with Crippen molar-refractivity contribution in [2.75, 3.05) is 18.4 Å². The minimum atomic E-state index is -0.318. The third-order valence-corrected chi connectivity index (χ3v) is 6.19. The van der Waals surface area contributed by atoms with Crippen molar-refractivity contribution in [3.63, 3.8) is 0 Å². The molecule has 31 heavy (non-hydrogen) atoms. The highest BCUT2D eigenvalue weighted by Gasteiger charge is 2.38. The molecule has 0 aromatic carbocycles. The Hall–Kier alpha value is -3.14. The van der Waals surface area contributed by atoms with E-state index in [0.29, 0.717) is 49.6 Å². The van der Waals surface area contributed by atoms with Gasteiger partial charge in [0, 0.05) is 44.0 Å². The van der Waals surface area contributed by atoms with Crippen LogP contribution >= 0.6 is 0 Å². The largest absolute Gasteiger partial charge is 0.393 e. The zero-order valence-electron chi connectivity index (χ0n) is 17.7. The zero-order chi connectivity index (χ0) is 21.5. The van der Waals surface area contributed by atoms with Gasteiger partial charge in [0.1, 0.15) is 18.0 Å². The third-order valence-electron chi connectivity index (χ3n) is 6.19. The number of carbonyl (C=O) groups excluding carboxylic acids is 1. The standard InChI is InChI=1S/C21H26N8O2/c1-3-29-19(14-8-22-12(2)23-9-14)27-17-18(24-11-25-20(17)29)26-15-4-5-28(10-15)21(31)13-6-16(30)7-13/h8-9,11,13,15-16,30H,3-7,10H2,1-2H3,(H,24,25,26)/t13-,15-,16+/m0/s1. The van der Waals surface area contributed by atoms with Gasteiger partial charge in [0.25, 0.3) is 0 Å². The van der Waals surface area contributed by atoms with E-state index in [4.69, 9.17) is 4.98 Å². The summed E-state index contributed by atoms with van der Waals surface area (Å²) in [4.78, 5) is 36.8. The van der Waals surface area contributed by atoms with E-state index in [1.165, 1.54) is 0 Å². The van der Waals surface area contributed by atoms with Gasteiger partial charge in [0.15, 0.2) is 17.0 Å². The van der Waals surface area contributed by atoms with Gasteiger partial charge in [-0.3, -0.25) is 4.79 Å². The number of likely N-dealkylation sites (tertiary alicyclic amines) is 1. The fourth-order valence-corrected chi connectivity index (χ4v) is 4.39. The lowest BCUT2D eigenvalue weighted by atomic mass is 9.81. The Bertz CT molecular complexity index is 1110. The number of fused-ring (bicyclic) bond motifs is 1. The van der Waals surface area contributed by atoms with E-state index in [1.54, 1.807) is 18.7 Å². The predicted molar refractivity (Wildman–Crippen MR) is 114 cm³/mol. The van der Waals surface area contributed by atoms with Crippen molar-refractivity contribution in [2.45, 2.75) is 51.8 Å². The Morgan fingerprint density at radius 1 is 1.23 bits per heavy atom. The summed E-state index contributed by atoms with van der Waals surface area (Å²) in [5.74, 6) is 2.26. The van der Waals surface area contributed by atoms with Gasteiger partial charge in [0.2, 0.25) is 5.91 Å². The van der Waals surface area contributed by atoms with Gasteiger partial charge in [-0.1, -0.05) is 0 Å². The first-order valence-corrected chi connectivity index (χ1v) is 10.8. The quantitative estimate of drug-likeness (QED) is 0.633. The summed E-state index contributed by atoms with van der Waals surface area (Å²) >= 11 is 0. The van der Waals surface area contributed by atoms with Crippen molar-refractivity contribution in [2.24, 2.45) is 5.92 Å². The number of aliphatic hydroxyl groups is 1. The molecule has 3 aromatic rings. The Kier molecular flexibility index (Phi) is 5.01. The van der Waals surface area contributed by atoms with Crippen LogP contribution in [-0.4, -0.2) is 70.6 Å². The van der Waals surface area contributed by atoms with Gasteiger partial charge in [-0.25, -0.2) is 24.9 Å². The molecule has 1 atom stereocenters. The van der Waals surface area contributed by atoms with Crippen LogP contribution in [0.2, 0.25) is 0 Å². The summed E-state index contributed by atoms with van der Waals surface area (Å²) in [6.45, 7) is 5.95. The molecular formula is C21H26N8O2. The van der Waals surface area contributed by atoms with E-state index in [2.05, 4.69) is 25.3 Å². The molecule has 0 spiro atoms. The number of aryl methyl sites for hydroxylation is 2.